The molecule has 0 amide bonds. The largest absolute Gasteiger partial charge is 0.366 e. The average Bonchev–Trinajstić information content (AvgIpc) is 2.26. The third-order valence-electron chi connectivity index (χ3n) is 1.99. The van der Waals surface area contributed by atoms with Crippen LogP contribution in [-0.4, -0.2) is 18.1 Å². The molecule has 0 saturated carbocycles. The zero-order chi connectivity index (χ0) is 10.4. The van der Waals surface area contributed by atoms with Gasteiger partial charge >= 0.3 is 0 Å². The molecule has 1 heterocycles. The van der Waals surface area contributed by atoms with Gasteiger partial charge < -0.3 is 4.90 Å². The third kappa shape index (κ3) is 2.11. The highest BCUT2D eigenvalue weighted by Gasteiger charge is 2.07. The fraction of sp³-hybridized carbons (Fsp3) is 0.273. The molecule has 0 aliphatic rings. The Morgan fingerprint density at radius 2 is 2.50 bits per heavy atom. The Bertz CT molecular complexity index is 352. The molecule has 0 spiro atoms. The molecule has 0 radical (unpaired) electrons. The van der Waals surface area contributed by atoms with Crippen LogP contribution in [0.15, 0.2) is 31.1 Å². The summed E-state index contributed by atoms with van der Waals surface area (Å²) >= 11 is 0. The fourth-order valence-electron chi connectivity index (χ4n) is 1.29. The molecule has 0 saturated heterocycles. The van der Waals surface area contributed by atoms with Crippen LogP contribution in [0.4, 0.5) is 5.69 Å². The Morgan fingerprint density at radius 1 is 1.71 bits per heavy atom. The minimum atomic E-state index is 0.656. The van der Waals surface area contributed by atoms with Crippen LogP contribution in [0.25, 0.3) is 0 Å². The fourth-order valence-corrected chi connectivity index (χ4v) is 1.29. The molecular weight excluding hydrogens is 174 g/mol. The van der Waals surface area contributed by atoms with Crippen molar-refractivity contribution in [3.63, 3.8) is 0 Å². The highest BCUT2D eigenvalue weighted by Crippen LogP contribution is 2.17. The van der Waals surface area contributed by atoms with Crippen molar-refractivity contribution in [3.05, 3.63) is 36.7 Å². The third-order valence-corrected chi connectivity index (χ3v) is 1.99. The van der Waals surface area contributed by atoms with E-state index in [1.165, 1.54) is 0 Å². The van der Waals surface area contributed by atoms with Gasteiger partial charge in [-0.1, -0.05) is 6.08 Å². The lowest BCUT2D eigenvalue weighted by Crippen LogP contribution is -2.23. The van der Waals surface area contributed by atoms with E-state index in [-0.39, 0.29) is 0 Å². The van der Waals surface area contributed by atoms with Crippen LogP contribution in [0.3, 0.4) is 0 Å². The van der Waals surface area contributed by atoms with E-state index in [1.807, 2.05) is 13.0 Å². The van der Waals surface area contributed by atoms with Crippen molar-refractivity contribution in [2.45, 2.75) is 6.92 Å². The predicted molar refractivity (Wildman–Crippen MR) is 57.0 cm³/mol. The van der Waals surface area contributed by atoms with Gasteiger partial charge in [0.15, 0.2) is 0 Å². The number of hydrogen-bond acceptors (Lipinski definition) is 3. The Labute approximate surface area is 84.3 Å². The lowest BCUT2D eigenvalue weighted by atomic mass is 10.2. The number of anilines is 1. The van der Waals surface area contributed by atoms with E-state index in [0.29, 0.717) is 5.56 Å². The lowest BCUT2D eigenvalue weighted by Gasteiger charge is -2.21. The lowest BCUT2D eigenvalue weighted by molar-refractivity contribution is 0.900. The summed E-state index contributed by atoms with van der Waals surface area (Å²) in [6.45, 7) is 7.30. The zero-order valence-electron chi connectivity index (χ0n) is 8.27. The van der Waals surface area contributed by atoms with Gasteiger partial charge in [-0.2, -0.15) is 5.26 Å². The van der Waals surface area contributed by atoms with Gasteiger partial charge in [0.05, 0.1) is 17.4 Å². The molecule has 0 bridgehead atoms. The number of aromatic nitrogens is 1. The van der Waals surface area contributed by atoms with Gasteiger partial charge in [0.2, 0.25) is 0 Å². The molecule has 0 unspecified atom stereocenters. The van der Waals surface area contributed by atoms with Crippen molar-refractivity contribution in [1.29, 1.82) is 5.26 Å². The number of likely N-dealkylation sites (N-methyl/N-ethyl adjacent to an activating group) is 1. The van der Waals surface area contributed by atoms with E-state index in [0.717, 1.165) is 18.8 Å². The zero-order valence-corrected chi connectivity index (χ0v) is 8.27. The molecule has 0 fully saturated rings. The second-order valence-corrected chi connectivity index (χ2v) is 2.83. The van der Waals surface area contributed by atoms with Crippen LogP contribution in [-0.2, 0) is 0 Å². The number of rotatable bonds is 4. The summed E-state index contributed by atoms with van der Waals surface area (Å²) in [5, 5.41) is 8.90. The summed E-state index contributed by atoms with van der Waals surface area (Å²) in [6, 6.07) is 3.88. The molecule has 1 aromatic heterocycles. The molecule has 0 atom stereocenters. The highest BCUT2D eigenvalue weighted by molar-refractivity contribution is 5.57. The van der Waals surface area contributed by atoms with E-state index in [4.69, 9.17) is 5.26 Å². The summed E-state index contributed by atoms with van der Waals surface area (Å²) in [7, 11) is 0. The van der Waals surface area contributed by atoms with Crippen LogP contribution in [0.2, 0.25) is 0 Å². The van der Waals surface area contributed by atoms with Crippen LogP contribution < -0.4 is 4.90 Å². The first-order chi connectivity index (χ1) is 6.83. The Kier molecular flexibility index (Phi) is 3.69. The summed E-state index contributed by atoms with van der Waals surface area (Å²) in [5.74, 6) is 0. The van der Waals surface area contributed by atoms with E-state index in [2.05, 4.69) is 22.5 Å². The van der Waals surface area contributed by atoms with Gasteiger partial charge in [-0.25, -0.2) is 0 Å². The topological polar surface area (TPSA) is 39.9 Å². The van der Waals surface area contributed by atoms with E-state index >= 15 is 0 Å². The first kappa shape index (κ1) is 10.3. The highest BCUT2D eigenvalue weighted by atomic mass is 15.1. The van der Waals surface area contributed by atoms with Crippen LogP contribution in [0.5, 0.6) is 0 Å². The number of pyridine rings is 1. The molecule has 1 aromatic rings. The summed E-state index contributed by atoms with van der Waals surface area (Å²) in [5.41, 5.74) is 1.53. The van der Waals surface area contributed by atoms with Crippen molar-refractivity contribution in [3.8, 4) is 6.07 Å². The molecule has 0 aliphatic carbocycles. The normalized spacial score (nSPS) is 9.14. The summed E-state index contributed by atoms with van der Waals surface area (Å²) in [6.07, 6.45) is 5.16. The maximum Gasteiger partial charge on any atom is 0.101 e. The minimum Gasteiger partial charge on any atom is -0.366 e. The molecule has 14 heavy (non-hydrogen) atoms. The molecule has 0 aliphatic heterocycles. The molecule has 3 heteroatoms. The monoisotopic (exact) mass is 187 g/mol. The number of hydrogen-bond donors (Lipinski definition) is 0. The van der Waals surface area contributed by atoms with E-state index < -0.39 is 0 Å². The van der Waals surface area contributed by atoms with Crippen LogP contribution in [0, 0.1) is 11.3 Å². The molecular formula is C11H13N3. The minimum absolute atomic E-state index is 0.656. The van der Waals surface area contributed by atoms with Gasteiger partial charge in [0.1, 0.15) is 6.07 Å². The maximum atomic E-state index is 8.90. The van der Waals surface area contributed by atoms with Gasteiger partial charge in [-0.3, -0.25) is 4.98 Å². The van der Waals surface area contributed by atoms with Crippen LogP contribution in [0.1, 0.15) is 12.5 Å². The SMILES string of the molecule is C=CCN(CC)c1cnccc1C#N. The van der Waals surface area contributed by atoms with Crippen molar-refractivity contribution >= 4 is 5.69 Å². The second-order valence-electron chi connectivity index (χ2n) is 2.83. The van der Waals surface area contributed by atoms with Crippen LogP contribution >= 0.6 is 0 Å². The molecule has 1 rings (SSSR count). The first-order valence-corrected chi connectivity index (χ1v) is 4.53. The standard InChI is InChI=1S/C11H13N3/c1-3-7-14(4-2)11-9-13-6-5-10(11)8-12/h3,5-6,9H,1,4,7H2,2H3. The summed E-state index contributed by atoms with van der Waals surface area (Å²) < 4.78 is 0. The predicted octanol–water partition coefficient (Wildman–Crippen LogP) is 1.97. The molecule has 3 nitrogen and oxygen atoms in total. The smallest absolute Gasteiger partial charge is 0.101 e. The van der Waals surface area contributed by atoms with E-state index in [1.54, 1.807) is 18.5 Å². The van der Waals surface area contributed by atoms with Gasteiger partial charge in [0, 0.05) is 19.3 Å². The van der Waals surface area contributed by atoms with Gasteiger partial charge in [0.25, 0.3) is 0 Å². The molecule has 0 aromatic carbocycles. The Balaban J connectivity index is 3.03. The summed E-state index contributed by atoms with van der Waals surface area (Å²) in [4.78, 5) is 6.07. The molecule has 72 valence electrons. The van der Waals surface area contributed by atoms with Crippen molar-refractivity contribution in [2.24, 2.45) is 0 Å². The van der Waals surface area contributed by atoms with Crippen molar-refractivity contribution in [1.82, 2.24) is 4.98 Å². The first-order valence-electron chi connectivity index (χ1n) is 4.53. The number of nitriles is 1. The second kappa shape index (κ2) is 5.03. The Hall–Kier alpha value is -1.82. The van der Waals surface area contributed by atoms with Crippen molar-refractivity contribution < 1.29 is 0 Å². The van der Waals surface area contributed by atoms with Gasteiger partial charge in [-0.15, -0.1) is 6.58 Å². The van der Waals surface area contributed by atoms with E-state index in [9.17, 15) is 0 Å². The molecule has 0 N–H and O–H groups in total. The van der Waals surface area contributed by atoms with Gasteiger partial charge in [-0.05, 0) is 13.0 Å². The van der Waals surface area contributed by atoms with Crippen molar-refractivity contribution in [2.75, 3.05) is 18.0 Å². The quantitative estimate of drug-likeness (QED) is 0.676. The maximum absolute atomic E-state index is 8.90. The Morgan fingerprint density at radius 3 is 3.07 bits per heavy atom. The average molecular weight is 187 g/mol. The number of nitrogens with zero attached hydrogens (tertiary/aromatic N) is 3.